The van der Waals surface area contributed by atoms with Gasteiger partial charge in [0.15, 0.2) is 0 Å². The minimum atomic E-state index is -0.444. The van der Waals surface area contributed by atoms with Crippen LogP contribution >= 0.6 is 0 Å². The summed E-state index contributed by atoms with van der Waals surface area (Å²) in [6, 6.07) is 20.3. The number of furan rings is 1. The van der Waals surface area contributed by atoms with Crippen molar-refractivity contribution in [3.05, 3.63) is 120 Å². The third-order valence-electron chi connectivity index (χ3n) is 7.00. The molecule has 0 saturated carbocycles. The Balaban J connectivity index is 1.40. The highest BCUT2D eigenvalue weighted by molar-refractivity contribution is 6.12. The third-order valence-corrected chi connectivity index (χ3v) is 7.00. The van der Waals surface area contributed by atoms with Gasteiger partial charge in [0.05, 0.1) is 20.7 Å². The molecule has 0 bridgehead atoms. The van der Waals surface area contributed by atoms with Gasteiger partial charge in [0, 0.05) is 16.5 Å². The van der Waals surface area contributed by atoms with Crippen LogP contribution in [-0.4, -0.2) is 0 Å². The second-order valence-electron chi connectivity index (χ2n) is 9.40. The number of hydrogen-bond acceptors (Lipinski definition) is 2. The van der Waals surface area contributed by atoms with E-state index in [9.17, 15) is 0 Å². The molecule has 0 unspecified atom stereocenters. The average Bonchev–Trinajstić information content (AvgIpc) is 3.50. The fourth-order valence-electron chi connectivity index (χ4n) is 5.24. The summed E-state index contributed by atoms with van der Waals surface area (Å²) < 4.78 is 64.5. The Morgan fingerprint density at radius 1 is 0.714 bits per heavy atom. The first kappa shape index (κ1) is 14.2. The molecule has 0 saturated heterocycles. The molecule has 5 aromatic carbocycles. The van der Waals surface area contributed by atoms with Crippen LogP contribution in [0.1, 0.15) is 34.6 Å². The van der Waals surface area contributed by atoms with Gasteiger partial charge >= 0.3 is 0 Å². The maximum Gasteiger partial charge on any atom is 0.137 e. The van der Waals surface area contributed by atoms with Crippen LogP contribution in [0.2, 0.25) is 0 Å². The molecule has 0 fully saturated rings. The molecule has 1 N–H and O–H groups in total. The minimum absolute atomic E-state index is 0.0529. The zero-order chi connectivity index (χ0) is 29.7. The van der Waals surface area contributed by atoms with Crippen LogP contribution in [0.25, 0.3) is 44.2 Å². The lowest BCUT2D eigenvalue weighted by atomic mass is 9.82. The summed E-state index contributed by atoms with van der Waals surface area (Å²) >= 11 is 0. The highest BCUT2D eigenvalue weighted by atomic mass is 16.3. The standard InChI is InChI=1S/C33H25NO/c1-33(2)27-18-15-22(21-9-4-3-5-10-21)19-26(27)24-17-16-23(20-28(24)33)34-29-12-8-14-31-32(29)25-11-6-7-13-30(25)35-31/h3-20,34H,1-2H3/i6D,7D,8D,11D,12D,13D,14D. The minimum Gasteiger partial charge on any atom is -0.456 e. The molecule has 1 aliphatic carbocycles. The quantitative estimate of drug-likeness (QED) is 0.286. The summed E-state index contributed by atoms with van der Waals surface area (Å²) in [4.78, 5) is 0. The Kier molecular flexibility index (Phi) is 2.98. The molecule has 0 amide bonds. The van der Waals surface area contributed by atoms with Gasteiger partial charge in [-0.05, 0) is 69.7 Å². The molecular formula is C33H25NO. The van der Waals surface area contributed by atoms with Gasteiger partial charge in [0.25, 0.3) is 0 Å². The first-order valence-corrected chi connectivity index (χ1v) is 11.5. The maximum absolute atomic E-state index is 8.74. The van der Waals surface area contributed by atoms with Gasteiger partial charge in [0.2, 0.25) is 0 Å². The van der Waals surface area contributed by atoms with Crippen LogP contribution in [0.3, 0.4) is 0 Å². The Labute approximate surface area is 214 Å². The zero-order valence-corrected chi connectivity index (χ0v) is 19.3. The summed E-state index contributed by atoms with van der Waals surface area (Å²) in [5, 5.41) is 3.55. The van der Waals surface area contributed by atoms with Crippen LogP contribution in [0.5, 0.6) is 0 Å². The van der Waals surface area contributed by atoms with Crippen molar-refractivity contribution in [3.63, 3.8) is 0 Å². The number of benzene rings is 5. The third kappa shape index (κ3) is 3.03. The smallest absolute Gasteiger partial charge is 0.137 e. The van der Waals surface area contributed by atoms with E-state index in [1.54, 1.807) is 0 Å². The van der Waals surface area contributed by atoms with Gasteiger partial charge in [-0.15, -0.1) is 0 Å². The summed E-state index contributed by atoms with van der Waals surface area (Å²) in [5.74, 6) is 0. The molecule has 2 nitrogen and oxygen atoms in total. The number of anilines is 2. The zero-order valence-electron chi connectivity index (χ0n) is 26.3. The number of para-hydroxylation sites is 1. The Hall–Kier alpha value is -4.30. The summed E-state index contributed by atoms with van der Waals surface area (Å²) in [6.45, 7) is 4.35. The van der Waals surface area contributed by atoms with Gasteiger partial charge in [-0.25, -0.2) is 0 Å². The predicted octanol–water partition coefficient (Wildman–Crippen LogP) is 9.30. The van der Waals surface area contributed by atoms with Crippen LogP contribution in [0.4, 0.5) is 11.4 Å². The van der Waals surface area contributed by atoms with Crippen molar-refractivity contribution in [1.29, 1.82) is 0 Å². The molecule has 0 atom stereocenters. The second-order valence-corrected chi connectivity index (χ2v) is 9.40. The first-order valence-electron chi connectivity index (χ1n) is 15.0. The Morgan fingerprint density at radius 2 is 1.54 bits per heavy atom. The van der Waals surface area contributed by atoms with Gasteiger partial charge in [0.1, 0.15) is 11.2 Å². The van der Waals surface area contributed by atoms with Crippen molar-refractivity contribution in [3.8, 4) is 22.3 Å². The van der Waals surface area contributed by atoms with Gasteiger partial charge in [-0.3, -0.25) is 0 Å². The van der Waals surface area contributed by atoms with E-state index in [1.807, 2.05) is 36.4 Å². The lowest BCUT2D eigenvalue weighted by Gasteiger charge is -2.22. The van der Waals surface area contributed by atoms with E-state index < -0.39 is 12.1 Å². The number of fused-ring (bicyclic) bond motifs is 6. The van der Waals surface area contributed by atoms with Gasteiger partial charge in [-0.1, -0.05) is 86.5 Å². The molecule has 0 spiro atoms. The van der Waals surface area contributed by atoms with Crippen LogP contribution in [0.15, 0.2) is 113 Å². The lowest BCUT2D eigenvalue weighted by Crippen LogP contribution is -2.15. The second kappa shape index (κ2) is 7.35. The molecule has 168 valence electrons. The van der Waals surface area contributed by atoms with Gasteiger partial charge in [-0.2, -0.15) is 0 Å². The predicted molar refractivity (Wildman–Crippen MR) is 146 cm³/mol. The summed E-state index contributed by atoms with van der Waals surface area (Å²) in [6.07, 6.45) is 0. The monoisotopic (exact) mass is 458 g/mol. The van der Waals surface area contributed by atoms with E-state index in [0.717, 1.165) is 27.8 Å². The van der Waals surface area contributed by atoms with Crippen molar-refractivity contribution in [2.45, 2.75) is 19.3 Å². The summed E-state index contributed by atoms with van der Waals surface area (Å²) in [5.41, 5.74) is 7.22. The Bertz CT molecular complexity index is 2120. The van der Waals surface area contributed by atoms with Crippen molar-refractivity contribution in [2.24, 2.45) is 0 Å². The van der Waals surface area contributed by atoms with E-state index in [1.165, 1.54) is 5.56 Å². The van der Waals surface area contributed by atoms with Crippen molar-refractivity contribution in [1.82, 2.24) is 0 Å². The molecule has 1 aromatic heterocycles. The topological polar surface area (TPSA) is 25.2 Å². The number of rotatable bonds is 3. The van der Waals surface area contributed by atoms with E-state index in [2.05, 4.69) is 49.5 Å². The maximum atomic E-state index is 8.74. The largest absolute Gasteiger partial charge is 0.456 e. The lowest BCUT2D eigenvalue weighted by molar-refractivity contribution is 0.660. The van der Waals surface area contributed by atoms with Crippen LogP contribution in [0, 0.1) is 0 Å². The van der Waals surface area contributed by atoms with Crippen molar-refractivity contribution in [2.75, 3.05) is 5.32 Å². The Morgan fingerprint density at radius 3 is 2.43 bits per heavy atom. The van der Waals surface area contributed by atoms with Crippen LogP contribution in [-0.2, 0) is 5.41 Å². The molecule has 0 radical (unpaired) electrons. The van der Waals surface area contributed by atoms with Gasteiger partial charge < -0.3 is 9.73 Å². The first-order chi connectivity index (χ1) is 20.0. The van der Waals surface area contributed by atoms with Crippen molar-refractivity contribution < 1.29 is 14.0 Å². The summed E-state index contributed by atoms with van der Waals surface area (Å²) in [7, 11) is 0. The van der Waals surface area contributed by atoms with E-state index in [4.69, 9.17) is 14.0 Å². The molecule has 0 aliphatic heterocycles. The fraction of sp³-hybridized carbons (Fsp3) is 0.0909. The number of nitrogens with one attached hydrogen (secondary N) is 1. The van der Waals surface area contributed by atoms with E-state index >= 15 is 0 Å². The average molecular weight is 459 g/mol. The fourth-order valence-corrected chi connectivity index (χ4v) is 5.24. The SMILES string of the molecule is [2H]c1c([2H])c([2H])c2c(oc3c([2H])c([2H])c([2H])c(Nc4ccc5c(c4)C(C)(C)c4ccc(-c6ccccc6)cc4-5)c32)c1[2H]. The highest BCUT2D eigenvalue weighted by Crippen LogP contribution is 2.50. The van der Waals surface area contributed by atoms with E-state index in [-0.39, 0.29) is 63.3 Å². The normalized spacial score (nSPS) is 16.5. The molecule has 35 heavy (non-hydrogen) atoms. The molecular weight excluding hydrogens is 426 g/mol. The van der Waals surface area contributed by atoms with E-state index in [0.29, 0.717) is 5.69 Å². The molecule has 2 heteroatoms. The van der Waals surface area contributed by atoms with Crippen LogP contribution < -0.4 is 5.32 Å². The molecule has 6 aromatic rings. The highest BCUT2D eigenvalue weighted by Gasteiger charge is 2.35. The number of hydrogen-bond donors (Lipinski definition) is 1. The molecule has 7 rings (SSSR count). The van der Waals surface area contributed by atoms with Crippen molar-refractivity contribution >= 4 is 33.3 Å². The molecule has 1 aliphatic rings. The molecule has 1 heterocycles.